The second-order valence-corrected chi connectivity index (χ2v) is 9.47. The molecule has 1 saturated carbocycles. The van der Waals surface area contributed by atoms with Crippen molar-refractivity contribution in [3.05, 3.63) is 35.5 Å². The first-order valence-electron chi connectivity index (χ1n) is 11.6. The number of hydrogen-bond acceptors (Lipinski definition) is 6. The third-order valence-corrected chi connectivity index (χ3v) is 6.84. The van der Waals surface area contributed by atoms with E-state index in [-0.39, 0.29) is 5.91 Å². The molecule has 1 atom stereocenters. The first kappa shape index (κ1) is 22.8. The standard InChI is InChI=1S/C24H33ClN6O/c1-16(32)31-11-3-4-17(15-31)13-27-23-6-2-5-22(30-23)20-12-24(28-14-21(20)25)29-19-9-7-18(26)8-10-19/h2,5-6,12,14,17-19H,3-4,7-11,13,15,26H2,1H3,(H,27,30)(H,28,29)/t17-,18-,19-/m0/s1. The summed E-state index contributed by atoms with van der Waals surface area (Å²) in [5, 5.41) is 7.57. The van der Waals surface area contributed by atoms with Crippen LogP contribution in [0, 0.1) is 5.92 Å². The van der Waals surface area contributed by atoms with Gasteiger partial charge in [-0.05, 0) is 62.6 Å². The molecule has 2 aliphatic rings. The highest BCUT2D eigenvalue weighted by atomic mass is 35.5. The van der Waals surface area contributed by atoms with E-state index in [0.717, 1.165) is 81.1 Å². The average molecular weight is 457 g/mol. The molecular weight excluding hydrogens is 424 g/mol. The van der Waals surface area contributed by atoms with Crippen molar-refractivity contribution in [1.82, 2.24) is 14.9 Å². The van der Waals surface area contributed by atoms with Crippen molar-refractivity contribution in [3.63, 3.8) is 0 Å². The molecule has 7 nitrogen and oxygen atoms in total. The summed E-state index contributed by atoms with van der Waals surface area (Å²) < 4.78 is 0. The minimum Gasteiger partial charge on any atom is -0.370 e. The largest absolute Gasteiger partial charge is 0.370 e. The smallest absolute Gasteiger partial charge is 0.219 e. The van der Waals surface area contributed by atoms with Crippen LogP contribution in [0.15, 0.2) is 30.5 Å². The SMILES string of the molecule is CC(=O)N1CCC[C@@H](CNc2cccc(-c3cc(N[C@H]4CC[C@H](N)CC4)ncc3Cl)n2)C1. The van der Waals surface area contributed by atoms with Gasteiger partial charge in [0.05, 0.1) is 10.7 Å². The Morgan fingerprint density at radius 3 is 2.81 bits per heavy atom. The molecule has 0 spiro atoms. The van der Waals surface area contributed by atoms with E-state index < -0.39 is 0 Å². The topological polar surface area (TPSA) is 96.2 Å². The molecule has 4 N–H and O–H groups in total. The molecule has 0 aromatic carbocycles. The monoisotopic (exact) mass is 456 g/mol. The zero-order valence-electron chi connectivity index (χ0n) is 18.7. The summed E-state index contributed by atoms with van der Waals surface area (Å²) in [6.07, 6.45) is 8.05. The lowest BCUT2D eigenvalue weighted by atomic mass is 9.92. The van der Waals surface area contributed by atoms with Crippen molar-refractivity contribution in [2.45, 2.75) is 57.5 Å². The third kappa shape index (κ3) is 5.90. The number of aromatic nitrogens is 2. The van der Waals surface area contributed by atoms with E-state index >= 15 is 0 Å². The predicted molar refractivity (Wildman–Crippen MR) is 130 cm³/mol. The number of piperidine rings is 1. The van der Waals surface area contributed by atoms with Gasteiger partial charge in [-0.25, -0.2) is 9.97 Å². The Labute approximate surface area is 195 Å². The lowest BCUT2D eigenvalue weighted by molar-refractivity contribution is -0.130. The van der Waals surface area contributed by atoms with E-state index in [1.54, 1.807) is 13.1 Å². The van der Waals surface area contributed by atoms with E-state index in [9.17, 15) is 4.79 Å². The Hall–Kier alpha value is -2.38. The van der Waals surface area contributed by atoms with E-state index in [0.29, 0.717) is 23.0 Å². The van der Waals surface area contributed by atoms with Gasteiger partial charge in [0.15, 0.2) is 0 Å². The van der Waals surface area contributed by atoms with Gasteiger partial charge >= 0.3 is 0 Å². The zero-order chi connectivity index (χ0) is 22.5. The van der Waals surface area contributed by atoms with E-state index in [1.165, 1.54) is 0 Å². The number of nitrogens with two attached hydrogens (primary N) is 1. The summed E-state index contributed by atoms with van der Waals surface area (Å²) in [4.78, 5) is 22.9. The highest BCUT2D eigenvalue weighted by molar-refractivity contribution is 6.33. The lowest BCUT2D eigenvalue weighted by Crippen LogP contribution is -2.40. The maximum atomic E-state index is 11.7. The highest BCUT2D eigenvalue weighted by Gasteiger charge is 2.22. The fourth-order valence-electron chi connectivity index (χ4n) is 4.64. The predicted octanol–water partition coefficient (Wildman–Crippen LogP) is 4.15. The molecule has 0 bridgehead atoms. The van der Waals surface area contributed by atoms with Crippen LogP contribution in [-0.4, -0.2) is 52.5 Å². The Bertz CT molecular complexity index is 930. The molecule has 3 heterocycles. The molecule has 1 amide bonds. The maximum Gasteiger partial charge on any atom is 0.219 e. The first-order valence-corrected chi connectivity index (χ1v) is 12.0. The Kier molecular flexibility index (Phi) is 7.48. The summed E-state index contributed by atoms with van der Waals surface area (Å²) in [5.41, 5.74) is 7.70. The molecule has 8 heteroatoms. The van der Waals surface area contributed by atoms with Crippen molar-refractivity contribution in [2.24, 2.45) is 11.7 Å². The second-order valence-electron chi connectivity index (χ2n) is 9.07. The summed E-state index contributed by atoms with van der Waals surface area (Å²) in [7, 11) is 0. The molecule has 1 saturated heterocycles. The van der Waals surface area contributed by atoms with Gasteiger partial charge in [-0.2, -0.15) is 0 Å². The fourth-order valence-corrected chi connectivity index (χ4v) is 4.84. The van der Waals surface area contributed by atoms with Crippen LogP contribution >= 0.6 is 11.6 Å². The fraction of sp³-hybridized carbons (Fsp3) is 0.542. The van der Waals surface area contributed by atoms with Crippen LogP contribution in [0.5, 0.6) is 0 Å². The Morgan fingerprint density at radius 2 is 2.03 bits per heavy atom. The van der Waals surface area contributed by atoms with Crippen LogP contribution < -0.4 is 16.4 Å². The Morgan fingerprint density at radius 1 is 1.22 bits per heavy atom. The molecule has 172 valence electrons. The summed E-state index contributed by atoms with van der Waals surface area (Å²) >= 11 is 6.48. The number of likely N-dealkylation sites (tertiary alicyclic amines) is 1. The number of hydrogen-bond donors (Lipinski definition) is 3. The quantitative estimate of drug-likeness (QED) is 0.604. The van der Waals surface area contributed by atoms with Gasteiger partial charge in [-0.1, -0.05) is 17.7 Å². The van der Waals surface area contributed by atoms with Gasteiger partial charge in [-0.3, -0.25) is 4.79 Å². The normalized spacial score (nSPS) is 23.6. The van der Waals surface area contributed by atoms with Crippen LogP contribution in [-0.2, 0) is 4.79 Å². The second kappa shape index (κ2) is 10.5. The molecule has 1 aliphatic carbocycles. The number of nitrogens with zero attached hydrogens (tertiary/aromatic N) is 3. The molecule has 0 unspecified atom stereocenters. The lowest BCUT2D eigenvalue weighted by Gasteiger charge is -2.32. The van der Waals surface area contributed by atoms with Crippen molar-refractivity contribution in [1.29, 1.82) is 0 Å². The van der Waals surface area contributed by atoms with Crippen molar-refractivity contribution in [2.75, 3.05) is 30.3 Å². The summed E-state index contributed by atoms with van der Waals surface area (Å²) in [5.74, 6) is 2.22. The van der Waals surface area contributed by atoms with E-state index in [2.05, 4.69) is 15.6 Å². The third-order valence-electron chi connectivity index (χ3n) is 6.54. The van der Waals surface area contributed by atoms with Gasteiger partial charge < -0.3 is 21.3 Å². The average Bonchev–Trinajstić information content (AvgIpc) is 2.81. The minimum atomic E-state index is 0.155. The molecular formula is C24H33ClN6O. The number of nitrogens with one attached hydrogen (secondary N) is 2. The molecule has 4 rings (SSSR count). The Balaban J connectivity index is 1.41. The summed E-state index contributed by atoms with van der Waals surface area (Å²) in [6, 6.07) is 8.61. The first-order chi connectivity index (χ1) is 15.5. The van der Waals surface area contributed by atoms with Gasteiger partial charge in [-0.15, -0.1) is 0 Å². The molecule has 2 fully saturated rings. The number of pyridine rings is 2. The molecule has 2 aromatic rings. The van der Waals surface area contributed by atoms with E-state index in [4.69, 9.17) is 22.3 Å². The van der Waals surface area contributed by atoms with Crippen LogP contribution in [0.3, 0.4) is 0 Å². The minimum absolute atomic E-state index is 0.155. The number of rotatable bonds is 6. The van der Waals surface area contributed by atoms with Gasteiger partial charge in [0.1, 0.15) is 11.6 Å². The maximum absolute atomic E-state index is 11.7. The number of carbonyl (C=O) groups excluding carboxylic acids is 1. The van der Waals surface area contributed by atoms with Crippen molar-refractivity contribution in [3.8, 4) is 11.3 Å². The van der Waals surface area contributed by atoms with Gasteiger partial charge in [0, 0.05) is 50.4 Å². The van der Waals surface area contributed by atoms with E-state index in [1.807, 2.05) is 29.2 Å². The summed E-state index contributed by atoms with van der Waals surface area (Å²) in [6.45, 7) is 4.11. The molecule has 1 aliphatic heterocycles. The van der Waals surface area contributed by atoms with Crippen LogP contribution in [0.1, 0.15) is 45.4 Å². The van der Waals surface area contributed by atoms with Gasteiger partial charge in [0.2, 0.25) is 5.91 Å². The van der Waals surface area contributed by atoms with Crippen LogP contribution in [0.2, 0.25) is 5.02 Å². The number of carbonyl (C=O) groups is 1. The molecule has 32 heavy (non-hydrogen) atoms. The van der Waals surface area contributed by atoms with Crippen molar-refractivity contribution < 1.29 is 4.79 Å². The van der Waals surface area contributed by atoms with Crippen LogP contribution in [0.4, 0.5) is 11.6 Å². The zero-order valence-corrected chi connectivity index (χ0v) is 19.4. The number of amides is 1. The van der Waals surface area contributed by atoms with Gasteiger partial charge in [0.25, 0.3) is 0 Å². The molecule has 0 radical (unpaired) electrons. The molecule has 2 aromatic heterocycles. The highest BCUT2D eigenvalue weighted by Crippen LogP contribution is 2.30. The number of halogens is 1. The number of anilines is 2. The van der Waals surface area contributed by atoms with Crippen LogP contribution in [0.25, 0.3) is 11.3 Å². The van der Waals surface area contributed by atoms with Crippen molar-refractivity contribution >= 4 is 29.1 Å².